The van der Waals surface area contributed by atoms with Gasteiger partial charge < -0.3 is 16.4 Å². The zero-order valence-corrected chi connectivity index (χ0v) is 13.6. The Morgan fingerprint density at radius 2 is 1.59 bits per heavy atom. The average Bonchev–Trinajstić information content (AvgIpc) is 2.92. The quantitative estimate of drug-likeness (QED) is 0.730. The molecule has 0 spiro atoms. The summed E-state index contributed by atoms with van der Waals surface area (Å²) in [5.41, 5.74) is 6.19. The van der Waals surface area contributed by atoms with Crippen LogP contribution in [-0.2, 0) is 4.79 Å². The Labute approximate surface area is 134 Å². The molecule has 4 N–H and O–H groups in total. The van der Waals surface area contributed by atoms with Crippen LogP contribution in [0, 0.1) is 17.8 Å². The van der Waals surface area contributed by atoms with Crippen molar-refractivity contribution in [2.45, 2.75) is 88.4 Å². The zero-order valence-electron chi connectivity index (χ0n) is 13.6. The van der Waals surface area contributed by atoms with E-state index in [9.17, 15) is 4.79 Å². The van der Waals surface area contributed by atoms with Crippen LogP contribution in [0.25, 0.3) is 0 Å². The highest BCUT2D eigenvalue weighted by molar-refractivity contribution is 5.82. The van der Waals surface area contributed by atoms with E-state index < -0.39 is 0 Å². The molecule has 4 fully saturated rings. The molecule has 3 aliphatic carbocycles. The van der Waals surface area contributed by atoms with Crippen molar-refractivity contribution in [1.29, 1.82) is 0 Å². The number of amides is 1. The van der Waals surface area contributed by atoms with E-state index in [1.165, 1.54) is 44.9 Å². The lowest BCUT2D eigenvalue weighted by atomic mass is 9.67. The summed E-state index contributed by atoms with van der Waals surface area (Å²) in [5.74, 6) is 2.25. The predicted octanol–water partition coefficient (Wildman–Crippen LogP) is 1.93. The topological polar surface area (TPSA) is 67.1 Å². The normalized spacial score (nSPS) is 47.8. The van der Waals surface area contributed by atoms with Gasteiger partial charge >= 0.3 is 0 Å². The van der Waals surface area contributed by atoms with E-state index in [0.717, 1.165) is 25.2 Å². The average molecular weight is 305 g/mol. The Hall–Kier alpha value is -0.610. The number of carbonyl (C=O) groups excluding carboxylic acids is 1. The lowest BCUT2D eigenvalue weighted by molar-refractivity contribution is -0.125. The van der Waals surface area contributed by atoms with Gasteiger partial charge in [-0.25, -0.2) is 0 Å². The van der Waals surface area contributed by atoms with Gasteiger partial charge in [0.05, 0.1) is 6.04 Å². The van der Waals surface area contributed by atoms with Crippen molar-refractivity contribution in [2.75, 3.05) is 0 Å². The van der Waals surface area contributed by atoms with Gasteiger partial charge in [0.1, 0.15) is 0 Å². The van der Waals surface area contributed by atoms with Gasteiger partial charge in [0.15, 0.2) is 0 Å². The van der Waals surface area contributed by atoms with Crippen molar-refractivity contribution in [3.63, 3.8) is 0 Å². The monoisotopic (exact) mass is 305 g/mol. The van der Waals surface area contributed by atoms with Crippen molar-refractivity contribution in [2.24, 2.45) is 23.5 Å². The van der Waals surface area contributed by atoms with Crippen LogP contribution in [0.4, 0.5) is 0 Å². The number of rotatable bonds is 2. The smallest absolute Gasteiger partial charge is 0.237 e. The molecule has 0 aromatic heterocycles. The van der Waals surface area contributed by atoms with Gasteiger partial charge in [-0.15, -0.1) is 0 Å². The summed E-state index contributed by atoms with van der Waals surface area (Å²) in [6.07, 6.45) is 12.3. The Bertz CT molecular complexity index is 399. The second-order valence-electron chi connectivity index (χ2n) is 8.32. The van der Waals surface area contributed by atoms with Crippen molar-refractivity contribution in [3.8, 4) is 0 Å². The number of nitrogens with one attached hydrogen (secondary N) is 2. The van der Waals surface area contributed by atoms with Crippen LogP contribution in [0.2, 0.25) is 0 Å². The van der Waals surface area contributed by atoms with Gasteiger partial charge in [-0.2, -0.15) is 0 Å². The highest BCUT2D eigenvalue weighted by atomic mass is 16.2. The second kappa shape index (κ2) is 6.12. The summed E-state index contributed by atoms with van der Waals surface area (Å²) in [6, 6.07) is 1.41. The van der Waals surface area contributed by atoms with Crippen LogP contribution in [-0.4, -0.2) is 30.1 Å². The molecule has 5 unspecified atom stereocenters. The molecular formula is C18H31N3O. The molecular weight excluding hydrogens is 274 g/mol. The first-order valence-corrected chi connectivity index (χ1v) is 9.52. The molecule has 5 atom stereocenters. The summed E-state index contributed by atoms with van der Waals surface area (Å²) in [5, 5.41) is 7.06. The van der Waals surface area contributed by atoms with E-state index in [0.29, 0.717) is 30.0 Å². The maximum Gasteiger partial charge on any atom is 0.237 e. The molecule has 4 nitrogen and oxygen atoms in total. The standard InChI is InChI=1S/C18H31N3O/c19-14-8-12-5-3-6-13(9-14)17(12)21-18(22)16-10-11-4-1-2-7-15(11)20-16/h11-17,20H,1-10,19H2,(H,21,22). The highest BCUT2D eigenvalue weighted by Gasteiger charge is 2.43. The number of hydrogen-bond acceptors (Lipinski definition) is 3. The van der Waals surface area contributed by atoms with E-state index in [4.69, 9.17) is 5.73 Å². The molecule has 124 valence electrons. The molecule has 4 aliphatic rings. The third kappa shape index (κ3) is 2.80. The van der Waals surface area contributed by atoms with E-state index in [1.807, 2.05) is 0 Å². The van der Waals surface area contributed by atoms with Crippen molar-refractivity contribution < 1.29 is 4.79 Å². The lowest BCUT2D eigenvalue weighted by Crippen LogP contribution is -2.56. The number of fused-ring (bicyclic) bond motifs is 3. The third-order valence-electron chi connectivity index (χ3n) is 6.86. The molecule has 4 rings (SSSR count). The van der Waals surface area contributed by atoms with Gasteiger partial charge in [-0.3, -0.25) is 4.79 Å². The molecule has 0 aromatic carbocycles. The summed E-state index contributed by atoms with van der Waals surface area (Å²) in [7, 11) is 0. The van der Waals surface area contributed by atoms with E-state index in [1.54, 1.807) is 0 Å². The fourth-order valence-electron chi connectivity index (χ4n) is 5.81. The molecule has 22 heavy (non-hydrogen) atoms. The van der Waals surface area contributed by atoms with Gasteiger partial charge in [0.2, 0.25) is 5.91 Å². The molecule has 0 radical (unpaired) electrons. The SMILES string of the molecule is NC1CC2CCCC(C1)C2NC(=O)C1CC2CCCCC2N1. The van der Waals surface area contributed by atoms with Crippen LogP contribution in [0.3, 0.4) is 0 Å². The Kier molecular flexibility index (Phi) is 4.16. The molecule has 1 amide bonds. The van der Waals surface area contributed by atoms with Crippen molar-refractivity contribution in [3.05, 3.63) is 0 Å². The maximum absolute atomic E-state index is 12.8. The Morgan fingerprint density at radius 1 is 0.909 bits per heavy atom. The number of carbonyl (C=O) groups is 1. The van der Waals surface area contributed by atoms with Gasteiger partial charge in [-0.05, 0) is 62.7 Å². The molecule has 1 aliphatic heterocycles. The molecule has 1 saturated heterocycles. The van der Waals surface area contributed by atoms with Crippen LogP contribution >= 0.6 is 0 Å². The third-order valence-corrected chi connectivity index (χ3v) is 6.86. The largest absolute Gasteiger partial charge is 0.351 e. The lowest BCUT2D eigenvalue weighted by Gasteiger charge is -2.45. The van der Waals surface area contributed by atoms with Crippen LogP contribution in [0.5, 0.6) is 0 Å². The van der Waals surface area contributed by atoms with Gasteiger partial charge in [0, 0.05) is 18.1 Å². The molecule has 1 heterocycles. The Morgan fingerprint density at radius 3 is 2.32 bits per heavy atom. The summed E-state index contributed by atoms with van der Waals surface area (Å²) < 4.78 is 0. The number of hydrogen-bond donors (Lipinski definition) is 3. The minimum Gasteiger partial charge on any atom is -0.351 e. The molecule has 4 heteroatoms. The van der Waals surface area contributed by atoms with Crippen LogP contribution in [0.15, 0.2) is 0 Å². The second-order valence-corrected chi connectivity index (χ2v) is 8.32. The predicted molar refractivity (Wildman–Crippen MR) is 87.3 cm³/mol. The number of nitrogens with two attached hydrogens (primary N) is 1. The molecule has 0 aromatic rings. The first-order chi connectivity index (χ1) is 10.7. The Balaban J connectivity index is 1.38. The molecule has 2 bridgehead atoms. The summed E-state index contributed by atoms with van der Waals surface area (Å²) >= 11 is 0. The van der Waals surface area contributed by atoms with Crippen molar-refractivity contribution in [1.82, 2.24) is 10.6 Å². The summed E-state index contributed by atoms with van der Waals surface area (Å²) in [4.78, 5) is 12.8. The van der Waals surface area contributed by atoms with E-state index in [-0.39, 0.29) is 11.9 Å². The maximum atomic E-state index is 12.8. The van der Waals surface area contributed by atoms with Gasteiger partial charge in [0.25, 0.3) is 0 Å². The van der Waals surface area contributed by atoms with E-state index in [2.05, 4.69) is 10.6 Å². The van der Waals surface area contributed by atoms with Gasteiger partial charge in [-0.1, -0.05) is 19.3 Å². The minimum absolute atomic E-state index is 0.0597. The first kappa shape index (κ1) is 14.9. The minimum atomic E-state index is 0.0597. The first-order valence-electron chi connectivity index (χ1n) is 9.52. The van der Waals surface area contributed by atoms with Crippen LogP contribution < -0.4 is 16.4 Å². The zero-order chi connectivity index (χ0) is 15.1. The summed E-state index contributed by atoms with van der Waals surface area (Å²) in [6.45, 7) is 0. The fourth-order valence-corrected chi connectivity index (χ4v) is 5.81. The van der Waals surface area contributed by atoms with Crippen LogP contribution in [0.1, 0.15) is 64.2 Å². The van der Waals surface area contributed by atoms with Crippen molar-refractivity contribution >= 4 is 5.91 Å². The van der Waals surface area contributed by atoms with E-state index >= 15 is 0 Å². The highest BCUT2D eigenvalue weighted by Crippen LogP contribution is 2.40. The fraction of sp³-hybridized carbons (Fsp3) is 0.944. The molecule has 3 saturated carbocycles.